The van der Waals surface area contributed by atoms with Gasteiger partial charge in [-0.2, -0.15) is 5.10 Å². The van der Waals surface area contributed by atoms with Crippen LogP contribution in [0.4, 0.5) is 0 Å². The summed E-state index contributed by atoms with van der Waals surface area (Å²) in [5.74, 6) is 0. The monoisotopic (exact) mass is 209 g/mol. The number of nitrogens with zero attached hydrogens (tertiary/aromatic N) is 3. The Morgan fingerprint density at radius 2 is 1.94 bits per heavy atom. The van der Waals surface area contributed by atoms with Crippen molar-refractivity contribution in [3.8, 4) is 11.3 Å². The van der Waals surface area contributed by atoms with E-state index in [1.165, 1.54) is 0 Å². The highest BCUT2D eigenvalue weighted by molar-refractivity contribution is 5.63. The van der Waals surface area contributed by atoms with Gasteiger partial charge in [-0.25, -0.2) is 9.50 Å². The summed E-state index contributed by atoms with van der Waals surface area (Å²) in [6.45, 7) is 2.01. The van der Waals surface area contributed by atoms with Crippen LogP contribution in [-0.2, 0) is 0 Å². The molecule has 3 nitrogen and oxygen atoms in total. The average Bonchev–Trinajstić information content (AvgIpc) is 2.73. The van der Waals surface area contributed by atoms with E-state index in [0.717, 1.165) is 22.5 Å². The van der Waals surface area contributed by atoms with Gasteiger partial charge in [-0.3, -0.25) is 0 Å². The number of hydrogen-bond donors (Lipinski definition) is 0. The number of hydrogen-bond acceptors (Lipinski definition) is 2. The van der Waals surface area contributed by atoms with Crippen LogP contribution in [0.5, 0.6) is 0 Å². The van der Waals surface area contributed by atoms with Gasteiger partial charge in [0.15, 0.2) is 5.65 Å². The maximum absolute atomic E-state index is 4.50. The lowest BCUT2D eigenvalue weighted by Crippen LogP contribution is -1.90. The van der Waals surface area contributed by atoms with E-state index in [2.05, 4.69) is 22.2 Å². The summed E-state index contributed by atoms with van der Waals surface area (Å²) in [5.41, 5.74) is 4.06. The van der Waals surface area contributed by atoms with E-state index in [0.29, 0.717) is 0 Å². The molecule has 78 valence electrons. The molecule has 0 N–H and O–H groups in total. The SMILES string of the molecule is Cc1cnc2cc(-c3ccccc3)nn2c1. The van der Waals surface area contributed by atoms with Gasteiger partial charge in [-0.05, 0) is 12.5 Å². The van der Waals surface area contributed by atoms with Crippen LogP contribution in [0.15, 0.2) is 48.8 Å². The molecule has 3 aromatic rings. The van der Waals surface area contributed by atoms with Crippen LogP contribution in [0.25, 0.3) is 16.9 Å². The molecular weight excluding hydrogens is 198 g/mol. The molecule has 2 aromatic heterocycles. The number of fused-ring (bicyclic) bond motifs is 1. The van der Waals surface area contributed by atoms with Gasteiger partial charge in [-0.1, -0.05) is 30.3 Å². The predicted octanol–water partition coefficient (Wildman–Crippen LogP) is 2.70. The van der Waals surface area contributed by atoms with Crippen LogP contribution < -0.4 is 0 Å². The van der Waals surface area contributed by atoms with Gasteiger partial charge in [0, 0.05) is 24.0 Å². The normalized spacial score (nSPS) is 10.8. The van der Waals surface area contributed by atoms with E-state index < -0.39 is 0 Å². The second kappa shape index (κ2) is 3.45. The van der Waals surface area contributed by atoms with Crippen molar-refractivity contribution in [3.63, 3.8) is 0 Å². The van der Waals surface area contributed by atoms with Crippen molar-refractivity contribution in [2.24, 2.45) is 0 Å². The van der Waals surface area contributed by atoms with Gasteiger partial charge in [0.1, 0.15) is 0 Å². The van der Waals surface area contributed by atoms with Crippen molar-refractivity contribution >= 4 is 5.65 Å². The lowest BCUT2D eigenvalue weighted by Gasteiger charge is -1.93. The molecule has 0 unspecified atom stereocenters. The Bertz CT molecular complexity index is 626. The van der Waals surface area contributed by atoms with Crippen LogP contribution in [0, 0.1) is 6.92 Å². The summed E-state index contributed by atoms with van der Waals surface area (Å²) in [5, 5.41) is 4.50. The fraction of sp³-hybridized carbons (Fsp3) is 0.0769. The van der Waals surface area contributed by atoms with Crippen molar-refractivity contribution in [3.05, 3.63) is 54.4 Å². The van der Waals surface area contributed by atoms with Crippen LogP contribution in [0.3, 0.4) is 0 Å². The minimum absolute atomic E-state index is 0.879. The molecule has 0 saturated carbocycles. The molecule has 0 aliphatic carbocycles. The first-order valence-electron chi connectivity index (χ1n) is 5.20. The molecule has 2 heterocycles. The molecule has 0 atom stereocenters. The fourth-order valence-electron chi connectivity index (χ4n) is 1.72. The first-order chi connectivity index (χ1) is 7.83. The van der Waals surface area contributed by atoms with Gasteiger partial charge in [-0.15, -0.1) is 0 Å². The van der Waals surface area contributed by atoms with Gasteiger partial charge < -0.3 is 0 Å². The molecule has 0 aliphatic heterocycles. The minimum Gasteiger partial charge on any atom is -0.237 e. The summed E-state index contributed by atoms with van der Waals surface area (Å²) in [7, 11) is 0. The number of rotatable bonds is 1. The Labute approximate surface area is 93.4 Å². The zero-order valence-electron chi connectivity index (χ0n) is 8.96. The first kappa shape index (κ1) is 9.09. The first-order valence-corrected chi connectivity index (χ1v) is 5.20. The van der Waals surface area contributed by atoms with Crippen molar-refractivity contribution < 1.29 is 0 Å². The molecule has 16 heavy (non-hydrogen) atoms. The summed E-state index contributed by atoms with van der Waals surface area (Å²) in [4.78, 5) is 4.33. The highest BCUT2D eigenvalue weighted by Crippen LogP contribution is 2.18. The number of aryl methyl sites for hydroxylation is 1. The molecular formula is C13H11N3. The third kappa shape index (κ3) is 1.46. The van der Waals surface area contributed by atoms with E-state index in [1.807, 2.05) is 48.1 Å². The van der Waals surface area contributed by atoms with Gasteiger partial charge in [0.2, 0.25) is 0 Å². The standard InChI is InChI=1S/C13H11N3/c1-10-8-14-13-7-12(15-16(13)9-10)11-5-3-2-4-6-11/h2-9H,1H3. The molecule has 1 aromatic carbocycles. The zero-order valence-corrected chi connectivity index (χ0v) is 8.96. The smallest absolute Gasteiger partial charge is 0.155 e. The molecule has 0 spiro atoms. The van der Waals surface area contributed by atoms with E-state index in [9.17, 15) is 0 Å². The van der Waals surface area contributed by atoms with Gasteiger partial charge in [0.05, 0.1) is 5.69 Å². The molecule has 0 aliphatic rings. The summed E-state index contributed by atoms with van der Waals surface area (Å²) in [6.07, 6.45) is 3.83. The molecule has 0 bridgehead atoms. The summed E-state index contributed by atoms with van der Waals surface area (Å²) < 4.78 is 1.82. The van der Waals surface area contributed by atoms with Crippen molar-refractivity contribution in [2.45, 2.75) is 6.92 Å². The van der Waals surface area contributed by atoms with Crippen LogP contribution in [0.2, 0.25) is 0 Å². The summed E-state index contributed by atoms with van der Waals surface area (Å²) in [6, 6.07) is 12.1. The van der Waals surface area contributed by atoms with Crippen molar-refractivity contribution in [1.82, 2.24) is 14.6 Å². The van der Waals surface area contributed by atoms with E-state index >= 15 is 0 Å². The second-order valence-electron chi connectivity index (χ2n) is 3.83. The minimum atomic E-state index is 0.879. The van der Waals surface area contributed by atoms with Gasteiger partial charge in [0.25, 0.3) is 0 Å². The Morgan fingerprint density at radius 1 is 1.12 bits per heavy atom. The summed E-state index contributed by atoms with van der Waals surface area (Å²) >= 11 is 0. The lowest BCUT2D eigenvalue weighted by molar-refractivity contribution is 0.931. The molecule has 0 saturated heterocycles. The maximum atomic E-state index is 4.50. The van der Waals surface area contributed by atoms with Crippen LogP contribution in [0.1, 0.15) is 5.56 Å². The highest BCUT2D eigenvalue weighted by atomic mass is 15.2. The molecule has 3 rings (SSSR count). The molecule has 0 amide bonds. The van der Waals surface area contributed by atoms with E-state index in [-0.39, 0.29) is 0 Å². The maximum Gasteiger partial charge on any atom is 0.155 e. The van der Waals surface area contributed by atoms with E-state index in [4.69, 9.17) is 0 Å². The Morgan fingerprint density at radius 3 is 2.75 bits per heavy atom. The lowest BCUT2D eigenvalue weighted by atomic mass is 10.2. The molecule has 3 heteroatoms. The van der Waals surface area contributed by atoms with Crippen molar-refractivity contribution in [1.29, 1.82) is 0 Å². The molecule has 0 radical (unpaired) electrons. The predicted molar refractivity (Wildman–Crippen MR) is 63.2 cm³/mol. The quantitative estimate of drug-likeness (QED) is 0.616. The van der Waals surface area contributed by atoms with Crippen LogP contribution >= 0.6 is 0 Å². The van der Waals surface area contributed by atoms with Gasteiger partial charge >= 0.3 is 0 Å². The third-order valence-electron chi connectivity index (χ3n) is 2.51. The Kier molecular flexibility index (Phi) is 1.96. The highest BCUT2D eigenvalue weighted by Gasteiger charge is 2.04. The topological polar surface area (TPSA) is 30.2 Å². The number of aromatic nitrogens is 3. The zero-order chi connectivity index (χ0) is 11.0. The van der Waals surface area contributed by atoms with Crippen molar-refractivity contribution in [2.75, 3.05) is 0 Å². The van der Waals surface area contributed by atoms with Crippen LogP contribution in [-0.4, -0.2) is 14.6 Å². The average molecular weight is 209 g/mol. The second-order valence-corrected chi connectivity index (χ2v) is 3.83. The Balaban J connectivity index is 2.19. The third-order valence-corrected chi connectivity index (χ3v) is 2.51. The molecule has 0 fully saturated rings. The number of benzene rings is 1. The van der Waals surface area contributed by atoms with E-state index in [1.54, 1.807) is 0 Å². The fourth-order valence-corrected chi connectivity index (χ4v) is 1.72. The largest absolute Gasteiger partial charge is 0.237 e. The Hall–Kier alpha value is -2.16.